The lowest BCUT2D eigenvalue weighted by atomic mass is 11.8. The van der Waals surface area contributed by atoms with Crippen LogP contribution in [0.25, 0.3) is 0 Å². The van der Waals surface area contributed by atoms with Crippen LogP contribution in [0.3, 0.4) is 0 Å². The molecule has 0 spiro atoms. The molecule has 0 aliphatic carbocycles. The third kappa shape index (κ3) is 12.3. The van der Waals surface area contributed by atoms with Crippen LogP contribution in [0.2, 0.25) is 78.6 Å². The average molecular weight is 491 g/mol. The Kier molecular flexibility index (Phi) is 9.80. The van der Waals surface area contributed by atoms with Crippen LogP contribution in [0.4, 0.5) is 0 Å². The van der Waals surface area contributed by atoms with Gasteiger partial charge in [0.25, 0.3) is 0 Å². The molecular weight excluding hydrogens is 449 g/mol. The largest absolute Gasteiger partial charge is 0.652 e. The third-order valence-corrected chi connectivity index (χ3v) is 19.3. The summed E-state index contributed by atoms with van der Waals surface area (Å²) < 4.78 is 43.8. The van der Waals surface area contributed by atoms with Gasteiger partial charge in [0.15, 0.2) is 33.3 Å². The fraction of sp³-hybridized carbons (Fsp3) is 1.00. The summed E-state index contributed by atoms with van der Waals surface area (Å²) in [4.78, 5) is 0. The van der Waals surface area contributed by atoms with Crippen LogP contribution < -0.4 is 0 Å². The van der Waals surface area contributed by atoms with Crippen LogP contribution in [0.5, 0.6) is 0 Å². The van der Waals surface area contributed by atoms with Crippen molar-refractivity contribution in [2.45, 2.75) is 78.6 Å². The molecule has 164 valence electrons. The first kappa shape index (κ1) is 28.0. The van der Waals surface area contributed by atoms with E-state index in [1.807, 2.05) is 0 Å². The Bertz CT molecular complexity index is 391. The van der Waals surface area contributed by atoms with Crippen molar-refractivity contribution in [1.29, 1.82) is 0 Å². The van der Waals surface area contributed by atoms with E-state index >= 15 is 0 Å². The van der Waals surface area contributed by atoms with Gasteiger partial charge in [0.2, 0.25) is 0 Å². The minimum atomic E-state index is -3.54. The Morgan fingerprint density at radius 3 is 0.630 bits per heavy atom. The lowest BCUT2D eigenvalue weighted by molar-refractivity contribution is 0.0317. The van der Waals surface area contributed by atoms with E-state index in [2.05, 4.69) is 78.6 Å². The predicted molar refractivity (Wildman–Crippen MR) is 124 cm³/mol. The van der Waals surface area contributed by atoms with Crippen molar-refractivity contribution >= 4 is 51.4 Å². The fourth-order valence-electron chi connectivity index (χ4n) is 2.03. The monoisotopic (exact) mass is 490 g/mol. The second-order valence-electron chi connectivity index (χ2n) is 10.4. The van der Waals surface area contributed by atoms with Crippen molar-refractivity contribution < 1.29 is 29.4 Å². The standard InChI is InChI=1S/C14H42O7Si6/c1-15-26(17-22(3,4)5,18-23(6,7)8)21-27(16-2,19-24(9,10)11)20-25(12,13)14/h1-14H3. The lowest BCUT2D eigenvalue weighted by Gasteiger charge is -2.43. The smallest absolute Gasteiger partial charge is 0.395 e. The molecule has 0 unspecified atom stereocenters. The molecule has 13 heteroatoms. The van der Waals surface area contributed by atoms with Crippen LogP contribution >= 0.6 is 0 Å². The van der Waals surface area contributed by atoms with E-state index in [1.54, 1.807) is 14.2 Å². The first-order valence-electron chi connectivity index (χ1n) is 9.27. The lowest BCUT2D eigenvalue weighted by Crippen LogP contribution is -2.69. The van der Waals surface area contributed by atoms with Crippen molar-refractivity contribution in [2.24, 2.45) is 0 Å². The molecule has 0 saturated carbocycles. The van der Waals surface area contributed by atoms with Gasteiger partial charge >= 0.3 is 18.1 Å². The first-order valence-corrected chi connectivity index (χ1v) is 26.2. The van der Waals surface area contributed by atoms with E-state index < -0.39 is 51.4 Å². The highest BCUT2D eigenvalue weighted by atomic mass is 28.6. The summed E-state index contributed by atoms with van der Waals surface area (Å²) in [6.45, 7) is 25.0. The summed E-state index contributed by atoms with van der Waals surface area (Å²) in [6, 6.07) is 0. The Morgan fingerprint density at radius 2 is 0.519 bits per heavy atom. The van der Waals surface area contributed by atoms with Crippen LogP contribution in [0.15, 0.2) is 0 Å². The number of rotatable bonds is 12. The first-order chi connectivity index (χ1) is 11.7. The Morgan fingerprint density at radius 1 is 0.333 bits per heavy atom. The van der Waals surface area contributed by atoms with E-state index in [4.69, 9.17) is 29.4 Å². The van der Waals surface area contributed by atoms with Crippen molar-refractivity contribution in [3.63, 3.8) is 0 Å². The van der Waals surface area contributed by atoms with Crippen molar-refractivity contribution in [1.82, 2.24) is 0 Å². The molecule has 7 nitrogen and oxygen atoms in total. The van der Waals surface area contributed by atoms with E-state index in [9.17, 15) is 0 Å². The number of hydrogen-bond donors (Lipinski definition) is 0. The maximum absolute atomic E-state index is 6.51. The predicted octanol–water partition coefficient (Wildman–Crippen LogP) is 4.57. The molecule has 0 atom stereocenters. The van der Waals surface area contributed by atoms with Gasteiger partial charge in [-0.05, 0) is 78.6 Å². The van der Waals surface area contributed by atoms with E-state index in [1.165, 1.54) is 0 Å². The van der Waals surface area contributed by atoms with Crippen LogP contribution in [0.1, 0.15) is 0 Å². The van der Waals surface area contributed by atoms with E-state index in [0.717, 1.165) is 0 Å². The van der Waals surface area contributed by atoms with Crippen molar-refractivity contribution in [3.05, 3.63) is 0 Å². The number of hydrogen-bond acceptors (Lipinski definition) is 7. The molecule has 0 aliphatic heterocycles. The van der Waals surface area contributed by atoms with Crippen LogP contribution in [-0.2, 0) is 29.4 Å². The summed E-state index contributed by atoms with van der Waals surface area (Å²) in [5, 5.41) is 0. The Hall–Kier alpha value is 1.02. The van der Waals surface area contributed by atoms with Gasteiger partial charge in [0, 0.05) is 14.2 Å². The molecule has 0 radical (unpaired) electrons. The highest BCUT2D eigenvalue weighted by Gasteiger charge is 2.63. The van der Waals surface area contributed by atoms with Crippen molar-refractivity contribution in [2.75, 3.05) is 14.2 Å². The molecule has 0 bridgehead atoms. The summed E-state index contributed by atoms with van der Waals surface area (Å²) in [5.74, 6) is 0. The second-order valence-corrected chi connectivity index (χ2v) is 34.2. The van der Waals surface area contributed by atoms with Gasteiger partial charge < -0.3 is 29.4 Å². The maximum Gasteiger partial charge on any atom is 0.652 e. The van der Waals surface area contributed by atoms with Gasteiger partial charge in [-0.1, -0.05) is 0 Å². The molecule has 0 aromatic carbocycles. The van der Waals surface area contributed by atoms with Crippen molar-refractivity contribution in [3.8, 4) is 0 Å². The molecule has 0 amide bonds. The molecule has 27 heavy (non-hydrogen) atoms. The zero-order valence-electron chi connectivity index (χ0n) is 19.9. The average Bonchev–Trinajstić information content (AvgIpc) is 2.29. The highest BCUT2D eigenvalue weighted by Crippen LogP contribution is 2.30. The SMILES string of the molecule is CO[Si](O[Si](C)(C)C)(O[Si](C)(C)C)O[Si](OC)(O[Si](C)(C)C)O[Si](C)(C)C. The summed E-state index contributed by atoms with van der Waals surface area (Å²) in [5.41, 5.74) is 0. The summed E-state index contributed by atoms with van der Waals surface area (Å²) in [6.07, 6.45) is 0. The van der Waals surface area contributed by atoms with E-state index in [-0.39, 0.29) is 0 Å². The molecule has 0 aromatic heterocycles. The fourth-order valence-corrected chi connectivity index (χ4v) is 20.5. The van der Waals surface area contributed by atoms with Gasteiger partial charge in [-0.2, -0.15) is 0 Å². The minimum Gasteiger partial charge on any atom is -0.395 e. The Balaban J connectivity index is 6.22. The molecule has 0 saturated heterocycles. The molecular formula is C14H42O7Si6. The quantitative estimate of drug-likeness (QED) is 0.371. The zero-order chi connectivity index (χ0) is 21.9. The zero-order valence-corrected chi connectivity index (χ0v) is 25.9. The molecule has 0 N–H and O–H groups in total. The molecule has 0 rings (SSSR count). The molecule has 0 aliphatic rings. The van der Waals surface area contributed by atoms with Gasteiger partial charge in [0.05, 0.1) is 0 Å². The van der Waals surface area contributed by atoms with E-state index in [0.29, 0.717) is 0 Å². The van der Waals surface area contributed by atoms with Gasteiger partial charge in [-0.3, -0.25) is 0 Å². The van der Waals surface area contributed by atoms with Gasteiger partial charge in [-0.25, -0.2) is 0 Å². The minimum absolute atomic E-state index is 1.57. The molecule has 0 aromatic rings. The second kappa shape index (κ2) is 9.44. The Labute approximate surface area is 173 Å². The van der Waals surface area contributed by atoms with Gasteiger partial charge in [-0.15, -0.1) is 0 Å². The topological polar surface area (TPSA) is 64.6 Å². The molecule has 0 heterocycles. The third-order valence-electron chi connectivity index (χ3n) is 2.47. The summed E-state index contributed by atoms with van der Waals surface area (Å²) >= 11 is 0. The summed E-state index contributed by atoms with van der Waals surface area (Å²) in [7, 11) is -12.2. The van der Waals surface area contributed by atoms with Gasteiger partial charge in [0.1, 0.15) is 0 Å². The maximum atomic E-state index is 6.51. The van der Waals surface area contributed by atoms with Crippen LogP contribution in [0, 0.1) is 0 Å². The normalized spacial score (nSPS) is 15.3. The molecule has 0 fully saturated rings. The highest BCUT2D eigenvalue weighted by molar-refractivity contribution is 6.89. The van der Waals surface area contributed by atoms with Crippen LogP contribution in [-0.4, -0.2) is 65.6 Å².